The molecule has 0 saturated heterocycles. The van der Waals surface area contributed by atoms with Crippen LogP contribution in [0.3, 0.4) is 0 Å². The topological polar surface area (TPSA) is 95.5 Å². The van der Waals surface area contributed by atoms with Gasteiger partial charge in [-0.15, -0.1) is 0 Å². The third kappa shape index (κ3) is 2.96. The van der Waals surface area contributed by atoms with E-state index in [0.717, 1.165) is 5.56 Å². The lowest BCUT2D eigenvalue weighted by molar-refractivity contribution is -0.139. The number of carbonyl (C=O) groups is 3. The van der Waals surface area contributed by atoms with Crippen LogP contribution in [0.15, 0.2) is 18.2 Å². The van der Waals surface area contributed by atoms with E-state index in [1.807, 2.05) is 0 Å². The Kier molecular flexibility index (Phi) is 3.74. The Hall–Kier alpha value is -2.37. The smallest absolute Gasteiger partial charge is 0.307 e. The maximum absolute atomic E-state index is 11.9. The predicted octanol–water partition coefficient (Wildman–Crippen LogP) is 1.61. The van der Waals surface area contributed by atoms with Crippen LogP contribution in [0.5, 0.6) is 0 Å². The molecule has 2 unspecified atom stereocenters. The molecule has 3 N–H and O–H groups in total. The summed E-state index contributed by atoms with van der Waals surface area (Å²) in [6.45, 7) is 3.19. The number of anilines is 2. The fourth-order valence-corrected chi connectivity index (χ4v) is 2.08. The quantitative estimate of drug-likeness (QED) is 0.778. The molecule has 20 heavy (non-hydrogen) atoms. The van der Waals surface area contributed by atoms with Gasteiger partial charge in [0.15, 0.2) is 0 Å². The van der Waals surface area contributed by atoms with Crippen LogP contribution >= 0.6 is 0 Å². The monoisotopic (exact) mass is 276 g/mol. The molecule has 1 aromatic rings. The van der Waals surface area contributed by atoms with Gasteiger partial charge in [-0.25, -0.2) is 0 Å². The lowest BCUT2D eigenvalue weighted by Crippen LogP contribution is -2.18. The summed E-state index contributed by atoms with van der Waals surface area (Å²) in [4.78, 5) is 33.7. The number of hydrogen-bond acceptors (Lipinski definition) is 3. The molecule has 0 aliphatic heterocycles. The fraction of sp³-hybridized carbons (Fsp3) is 0.357. The number of carboxylic acid groups (broad SMARTS) is 1. The minimum absolute atomic E-state index is 0.190. The highest BCUT2D eigenvalue weighted by Crippen LogP contribution is 2.39. The maximum atomic E-state index is 11.9. The molecule has 2 atom stereocenters. The Bertz CT molecular complexity index is 583. The van der Waals surface area contributed by atoms with Crippen molar-refractivity contribution in [3.63, 3.8) is 0 Å². The first-order valence-corrected chi connectivity index (χ1v) is 6.31. The molecule has 0 radical (unpaired) electrons. The molecule has 106 valence electrons. The second kappa shape index (κ2) is 5.32. The van der Waals surface area contributed by atoms with E-state index in [1.165, 1.54) is 6.92 Å². The SMILES string of the molecule is CC(=O)Nc1cccc(NC(=O)C2CC2C(=O)O)c1C. The van der Waals surface area contributed by atoms with Crippen molar-refractivity contribution in [1.82, 2.24) is 0 Å². The minimum Gasteiger partial charge on any atom is -0.481 e. The zero-order valence-electron chi connectivity index (χ0n) is 11.3. The molecule has 6 heteroatoms. The van der Waals surface area contributed by atoms with Crippen LogP contribution in [0, 0.1) is 18.8 Å². The van der Waals surface area contributed by atoms with Gasteiger partial charge in [0.05, 0.1) is 11.8 Å². The third-order valence-electron chi connectivity index (χ3n) is 3.35. The average Bonchev–Trinajstić information content (AvgIpc) is 3.14. The molecule has 2 rings (SSSR count). The molecular formula is C14H16N2O4. The largest absolute Gasteiger partial charge is 0.481 e. The summed E-state index contributed by atoms with van der Waals surface area (Å²) >= 11 is 0. The zero-order valence-corrected chi connectivity index (χ0v) is 11.3. The van der Waals surface area contributed by atoms with Crippen LogP contribution in [0.1, 0.15) is 18.9 Å². The molecule has 0 bridgehead atoms. The Labute approximate surface area is 116 Å². The summed E-state index contributed by atoms with van der Waals surface area (Å²) in [5, 5.41) is 14.2. The van der Waals surface area contributed by atoms with Gasteiger partial charge in [-0.05, 0) is 31.0 Å². The van der Waals surface area contributed by atoms with Crippen LogP contribution in [-0.2, 0) is 14.4 Å². The van der Waals surface area contributed by atoms with Crippen molar-refractivity contribution in [2.75, 3.05) is 10.6 Å². The van der Waals surface area contributed by atoms with Gasteiger partial charge in [0, 0.05) is 18.3 Å². The molecule has 6 nitrogen and oxygen atoms in total. The molecule has 1 fully saturated rings. The van der Waals surface area contributed by atoms with E-state index in [4.69, 9.17) is 5.11 Å². The van der Waals surface area contributed by atoms with E-state index in [2.05, 4.69) is 10.6 Å². The lowest BCUT2D eigenvalue weighted by atomic mass is 10.1. The summed E-state index contributed by atoms with van der Waals surface area (Å²) in [7, 11) is 0. The average molecular weight is 276 g/mol. The molecule has 1 saturated carbocycles. The predicted molar refractivity (Wildman–Crippen MR) is 73.3 cm³/mol. The first kappa shape index (κ1) is 14.0. The Balaban J connectivity index is 2.08. The van der Waals surface area contributed by atoms with Gasteiger partial charge in [-0.1, -0.05) is 6.07 Å². The van der Waals surface area contributed by atoms with Gasteiger partial charge in [-0.2, -0.15) is 0 Å². The Morgan fingerprint density at radius 2 is 1.75 bits per heavy atom. The highest BCUT2D eigenvalue weighted by molar-refractivity contribution is 5.99. The molecular weight excluding hydrogens is 260 g/mol. The van der Waals surface area contributed by atoms with Crippen LogP contribution in [0.25, 0.3) is 0 Å². The van der Waals surface area contributed by atoms with Gasteiger partial charge in [-0.3, -0.25) is 14.4 Å². The summed E-state index contributed by atoms with van der Waals surface area (Å²) in [5.74, 6) is -2.45. The zero-order chi connectivity index (χ0) is 14.9. The first-order chi connectivity index (χ1) is 9.40. The molecule has 0 spiro atoms. The van der Waals surface area contributed by atoms with Crippen molar-refractivity contribution in [1.29, 1.82) is 0 Å². The van der Waals surface area contributed by atoms with Crippen LogP contribution in [-0.4, -0.2) is 22.9 Å². The number of aliphatic carboxylic acids is 1. The second-order valence-electron chi connectivity index (χ2n) is 4.94. The van der Waals surface area contributed by atoms with Crippen molar-refractivity contribution < 1.29 is 19.5 Å². The fourth-order valence-electron chi connectivity index (χ4n) is 2.08. The minimum atomic E-state index is -0.936. The van der Waals surface area contributed by atoms with Crippen molar-refractivity contribution in [3.05, 3.63) is 23.8 Å². The normalized spacial score (nSPS) is 20.1. The summed E-state index contributed by atoms with van der Waals surface area (Å²) in [6, 6.07) is 5.18. The number of carboxylic acids is 1. The number of hydrogen-bond donors (Lipinski definition) is 3. The van der Waals surface area contributed by atoms with E-state index < -0.39 is 17.8 Å². The van der Waals surface area contributed by atoms with Gasteiger partial charge in [0.2, 0.25) is 11.8 Å². The Morgan fingerprint density at radius 3 is 2.25 bits per heavy atom. The number of benzene rings is 1. The van der Waals surface area contributed by atoms with E-state index in [9.17, 15) is 14.4 Å². The van der Waals surface area contributed by atoms with Gasteiger partial charge < -0.3 is 15.7 Å². The maximum Gasteiger partial charge on any atom is 0.307 e. The van der Waals surface area contributed by atoms with Gasteiger partial charge >= 0.3 is 5.97 Å². The first-order valence-electron chi connectivity index (χ1n) is 6.31. The highest BCUT2D eigenvalue weighted by Gasteiger charge is 2.48. The van der Waals surface area contributed by atoms with Crippen LogP contribution in [0.2, 0.25) is 0 Å². The number of rotatable bonds is 4. The summed E-state index contributed by atoms with van der Waals surface area (Å²) in [6.07, 6.45) is 0.381. The molecule has 1 aliphatic rings. The van der Waals surface area contributed by atoms with Crippen LogP contribution < -0.4 is 10.6 Å². The van der Waals surface area contributed by atoms with E-state index in [1.54, 1.807) is 25.1 Å². The summed E-state index contributed by atoms with van der Waals surface area (Å²) in [5.41, 5.74) is 1.95. The van der Waals surface area contributed by atoms with E-state index in [-0.39, 0.29) is 11.8 Å². The van der Waals surface area contributed by atoms with Gasteiger partial charge in [0.25, 0.3) is 0 Å². The number of amides is 2. The van der Waals surface area contributed by atoms with E-state index >= 15 is 0 Å². The third-order valence-corrected chi connectivity index (χ3v) is 3.35. The van der Waals surface area contributed by atoms with Gasteiger partial charge in [0.1, 0.15) is 0 Å². The molecule has 2 amide bonds. The van der Waals surface area contributed by atoms with Crippen LogP contribution in [0.4, 0.5) is 11.4 Å². The molecule has 1 aromatic carbocycles. The standard InChI is InChI=1S/C14H16N2O4/c1-7-11(15-8(2)17)4-3-5-12(7)16-13(18)9-6-10(9)14(19)20/h3-5,9-10H,6H2,1-2H3,(H,15,17)(H,16,18)(H,19,20). The second-order valence-corrected chi connectivity index (χ2v) is 4.94. The van der Waals surface area contributed by atoms with Crippen molar-refractivity contribution in [2.45, 2.75) is 20.3 Å². The lowest BCUT2D eigenvalue weighted by Gasteiger charge is -2.12. The highest BCUT2D eigenvalue weighted by atomic mass is 16.4. The number of nitrogens with one attached hydrogen (secondary N) is 2. The Morgan fingerprint density at radius 1 is 1.15 bits per heavy atom. The summed E-state index contributed by atoms with van der Waals surface area (Å²) < 4.78 is 0. The number of carbonyl (C=O) groups excluding carboxylic acids is 2. The van der Waals surface area contributed by atoms with Crippen molar-refractivity contribution in [3.8, 4) is 0 Å². The molecule has 0 heterocycles. The van der Waals surface area contributed by atoms with Crippen molar-refractivity contribution in [2.24, 2.45) is 11.8 Å². The molecule has 1 aliphatic carbocycles. The van der Waals surface area contributed by atoms with E-state index in [0.29, 0.717) is 17.8 Å². The van der Waals surface area contributed by atoms with Crippen molar-refractivity contribution >= 4 is 29.2 Å². The molecule has 0 aromatic heterocycles.